The molecule has 1 saturated carbocycles. The number of carboxylic acid groups (broad SMARTS) is 1. The summed E-state index contributed by atoms with van der Waals surface area (Å²) >= 11 is 0. The van der Waals surface area contributed by atoms with E-state index in [0.29, 0.717) is 0 Å². The molecule has 86 valence electrons. The minimum Gasteiger partial charge on any atom is -0.508 e. The molecule has 0 unspecified atom stereocenters. The smallest absolute Gasteiger partial charge is 0.311 e. The Morgan fingerprint density at radius 2 is 1.75 bits per heavy atom. The van der Waals surface area contributed by atoms with Crippen molar-refractivity contribution in [2.75, 3.05) is 0 Å². The number of phenols is 1. The molecule has 0 aliphatic heterocycles. The first-order valence-corrected chi connectivity index (χ1v) is 5.70. The first-order valence-electron chi connectivity index (χ1n) is 5.70. The molecule has 1 aliphatic carbocycles. The van der Waals surface area contributed by atoms with Crippen LogP contribution >= 0.6 is 0 Å². The monoisotopic (exact) mass is 220 g/mol. The van der Waals surface area contributed by atoms with Gasteiger partial charge in [0.25, 0.3) is 0 Å². The molecular weight excluding hydrogens is 204 g/mol. The van der Waals surface area contributed by atoms with Gasteiger partial charge >= 0.3 is 5.97 Å². The molecule has 1 aromatic rings. The molecule has 0 aromatic heterocycles. The van der Waals surface area contributed by atoms with E-state index >= 15 is 0 Å². The Hall–Kier alpha value is -1.51. The van der Waals surface area contributed by atoms with Crippen molar-refractivity contribution in [2.45, 2.75) is 31.6 Å². The highest BCUT2D eigenvalue weighted by atomic mass is 16.4. The fourth-order valence-electron chi connectivity index (χ4n) is 2.59. The largest absolute Gasteiger partial charge is 0.508 e. The first-order chi connectivity index (χ1) is 7.68. The molecule has 0 heterocycles. The Labute approximate surface area is 94.7 Å². The number of hydrogen-bond donors (Lipinski definition) is 2. The van der Waals surface area contributed by atoms with E-state index in [4.69, 9.17) is 0 Å². The molecule has 0 saturated heterocycles. The molecule has 0 radical (unpaired) electrons. The van der Waals surface area contributed by atoms with E-state index in [-0.39, 0.29) is 11.7 Å². The standard InChI is InChI=1S/C13H16O3/c14-11-7-5-10(6-8-11)12(13(15)16)9-3-1-2-4-9/h5-9,12,14H,1-4H2,(H,15,16)/t12-/m1/s1. The van der Waals surface area contributed by atoms with Gasteiger partial charge in [-0.15, -0.1) is 0 Å². The molecule has 16 heavy (non-hydrogen) atoms. The molecular formula is C13H16O3. The Morgan fingerprint density at radius 3 is 2.25 bits per heavy atom. The van der Waals surface area contributed by atoms with Crippen LogP contribution in [0.3, 0.4) is 0 Å². The lowest BCUT2D eigenvalue weighted by Crippen LogP contribution is -2.19. The van der Waals surface area contributed by atoms with Crippen LogP contribution in [0, 0.1) is 5.92 Å². The topological polar surface area (TPSA) is 57.5 Å². The zero-order valence-corrected chi connectivity index (χ0v) is 9.10. The molecule has 1 aliphatic rings. The van der Waals surface area contributed by atoms with Crippen LogP contribution < -0.4 is 0 Å². The van der Waals surface area contributed by atoms with E-state index in [2.05, 4.69) is 0 Å². The molecule has 2 N–H and O–H groups in total. The summed E-state index contributed by atoms with van der Waals surface area (Å²) in [6.07, 6.45) is 4.26. The lowest BCUT2D eigenvalue weighted by atomic mass is 9.85. The van der Waals surface area contributed by atoms with Crippen molar-refractivity contribution in [3.8, 4) is 5.75 Å². The third-order valence-corrected chi connectivity index (χ3v) is 3.39. The summed E-state index contributed by atoms with van der Waals surface area (Å²) in [6.45, 7) is 0. The number of benzene rings is 1. The van der Waals surface area contributed by atoms with Crippen LogP contribution in [0.25, 0.3) is 0 Å². The van der Waals surface area contributed by atoms with E-state index in [1.54, 1.807) is 24.3 Å². The Kier molecular flexibility index (Phi) is 3.13. The maximum atomic E-state index is 11.3. The minimum atomic E-state index is -0.752. The summed E-state index contributed by atoms with van der Waals surface area (Å²) < 4.78 is 0. The number of rotatable bonds is 3. The fraction of sp³-hybridized carbons (Fsp3) is 0.462. The molecule has 3 nitrogen and oxygen atoms in total. The van der Waals surface area contributed by atoms with Crippen LogP contribution in [0.4, 0.5) is 0 Å². The van der Waals surface area contributed by atoms with Gasteiger partial charge in [-0.05, 0) is 36.5 Å². The van der Waals surface area contributed by atoms with Gasteiger partial charge in [-0.3, -0.25) is 4.79 Å². The van der Waals surface area contributed by atoms with E-state index in [0.717, 1.165) is 31.2 Å². The minimum absolute atomic E-state index is 0.180. The molecule has 1 atom stereocenters. The Balaban J connectivity index is 2.24. The SMILES string of the molecule is O=C(O)[C@@H](c1ccc(O)cc1)C1CCCC1. The van der Waals surface area contributed by atoms with Crippen molar-refractivity contribution in [1.29, 1.82) is 0 Å². The van der Waals surface area contributed by atoms with Gasteiger partial charge in [-0.25, -0.2) is 0 Å². The van der Waals surface area contributed by atoms with Crippen LogP contribution in [0.2, 0.25) is 0 Å². The van der Waals surface area contributed by atoms with Gasteiger partial charge in [0.05, 0.1) is 5.92 Å². The van der Waals surface area contributed by atoms with Gasteiger partial charge in [0, 0.05) is 0 Å². The summed E-state index contributed by atoms with van der Waals surface area (Å²) in [5.41, 5.74) is 0.803. The van der Waals surface area contributed by atoms with Gasteiger partial charge in [0.15, 0.2) is 0 Å². The summed E-state index contributed by atoms with van der Waals surface area (Å²) in [5.74, 6) is -0.734. The fourth-order valence-corrected chi connectivity index (χ4v) is 2.59. The van der Waals surface area contributed by atoms with Crippen LogP contribution in [-0.2, 0) is 4.79 Å². The summed E-state index contributed by atoms with van der Waals surface area (Å²) in [6, 6.07) is 6.54. The highest BCUT2D eigenvalue weighted by Gasteiger charge is 2.31. The second-order valence-electron chi connectivity index (χ2n) is 4.45. The molecule has 1 fully saturated rings. The molecule has 2 rings (SSSR count). The Bertz CT molecular complexity index is 363. The van der Waals surface area contributed by atoms with Crippen molar-refractivity contribution < 1.29 is 15.0 Å². The van der Waals surface area contributed by atoms with Crippen molar-refractivity contribution in [2.24, 2.45) is 5.92 Å². The van der Waals surface area contributed by atoms with Gasteiger partial charge in [-0.1, -0.05) is 25.0 Å². The number of aliphatic carboxylic acids is 1. The maximum Gasteiger partial charge on any atom is 0.311 e. The van der Waals surface area contributed by atoms with E-state index in [1.807, 2.05) is 0 Å². The van der Waals surface area contributed by atoms with E-state index in [1.165, 1.54) is 0 Å². The zero-order chi connectivity index (χ0) is 11.5. The van der Waals surface area contributed by atoms with E-state index in [9.17, 15) is 15.0 Å². The number of carbonyl (C=O) groups is 1. The van der Waals surface area contributed by atoms with Gasteiger partial charge in [0.2, 0.25) is 0 Å². The van der Waals surface area contributed by atoms with Crippen LogP contribution in [0.5, 0.6) is 5.75 Å². The number of phenolic OH excluding ortho intramolecular Hbond substituents is 1. The molecule has 0 amide bonds. The van der Waals surface area contributed by atoms with Crippen molar-refractivity contribution in [1.82, 2.24) is 0 Å². The second-order valence-corrected chi connectivity index (χ2v) is 4.45. The van der Waals surface area contributed by atoms with Crippen molar-refractivity contribution in [3.05, 3.63) is 29.8 Å². The predicted octanol–water partition coefficient (Wildman–Crippen LogP) is 2.75. The quantitative estimate of drug-likeness (QED) is 0.823. The lowest BCUT2D eigenvalue weighted by Gasteiger charge is -2.19. The summed E-state index contributed by atoms with van der Waals surface area (Å²) in [4.78, 5) is 11.3. The third kappa shape index (κ3) is 2.18. The normalized spacial score (nSPS) is 18.5. The molecule has 1 aromatic carbocycles. The molecule has 3 heteroatoms. The molecule has 0 spiro atoms. The maximum absolute atomic E-state index is 11.3. The van der Waals surface area contributed by atoms with Gasteiger partial charge in [0.1, 0.15) is 5.75 Å². The highest BCUT2D eigenvalue weighted by Crippen LogP contribution is 2.37. The van der Waals surface area contributed by atoms with Gasteiger partial charge in [-0.2, -0.15) is 0 Å². The number of hydrogen-bond acceptors (Lipinski definition) is 2. The number of aromatic hydroxyl groups is 1. The van der Waals surface area contributed by atoms with Crippen molar-refractivity contribution >= 4 is 5.97 Å². The average Bonchev–Trinajstić information content (AvgIpc) is 2.74. The third-order valence-electron chi connectivity index (χ3n) is 3.39. The van der Waals surface area contributed by atoms with E-state index < -0.39 is 11.9 Å². The van der Waals surface area contributed by atoms with Crippen LogP contribution in [-0.4, -0.2) is 16.2 Å². The highest BCUT2D eigenvalue weighted by molar-refractivity contribution is 5.76. The van der Waals surface area contributed by atoms with Crippen LogP contribution in [0.15, 0.2) is 24.3 Å². The molecule has 0 bridgehead atoms. The summed E-state index contributed by atoms with van der Waals surface area (Å²) in [5, 5.41) is 18.5. The number of carboxylic acids is 1. The summed E-state index contributed by atoms with van der Waals surface area (Å²) in [7, 11) is 0. The second kappa shape index (κ2) is 4.56. The van der Waals surface area contributed by atoms with Crippen molar-refractivity contribution in [3.63, 3.8) is 0 Å². The predicted molar refractivity (Wildman–Crippen MR) is 60.4 cm³/mol. The average molecular weight is 220 g/mol. The lowest BCUT2D eigenvalue weighted by molar-refractivity contribution is -0.140. The first kappa shape index (κ1) is 11.0. The van der Waals surface area contributed by atoms with Gasteiger partial charge < -0.3 is 10.2 Å². The van der Waals surface area contributed by atoms with Crippen LogP contribution in [0.1, 0.15) is 37.2 Å². The zero-order valence-electron chi connectivity index (χ0n) is 9.10. The Morgan fingerprint density at radius 1 is 1.19 bits per heavy atom.